The van der Waals surface area contributed by atoms with Crippen LogP contribution in [0.1, 0.15) is 22.1 Å². The molecular weight excluding hydrogens is 384 g/mol. The molecule has 1 N–H and O–H groups in total. The highest BCUT2D eigenvalue weighted by atomic mass is 32.2. The Bertz CT molecular complexity index is 1080. The minimum Gasteiger partial charge on any atom is -0.310 e. The number of carbonyl (C=O) groups is 1. The lowest BCUT2D eigenvalue weighted by Gasteiger charge is -2.13. The summed E-state index contributed by atoms with van der Waals surface area (Å²) in [7, 11) is 0. The molecule has 3 aromatic heterocycles. The smallest absolute Gasteiger partial charge is 0.235 e. The van der Waals surface area contributed by atoms with Crippen molar-refractivity contribution in [3.8, 4) is 5.13 Å². The van der Waals surface area contributed by atoms with Gasteiger partial charge in [0, 0.05) is 5.56 Å². The van der Waals surface area contributed by atoms with Crippen LogP contribution in [0.4, 0.5) is 5.82 Å². The van der Waals surface area contributed by atoms with E-state index in [1.807, 2.05) is 31.2 Å². The minimum atomic E-state index is -0.00348. The molecule has 0 fully saturated rings. The quantitative estimate of drug-likeness (QED) is 0.535. The Labute approximate surface area is 162 Å². The maximum atomic E-state index is 12.3. The largest absolute Gasteiger partial charge is 0.310 e. The molecule has 5 rings (SSSR count). The Morgan fingerprint density at radius 2 is 2.15 bits per heavy atom. The fourth-order valence-corrected chi connectivity index (χ4v) is 6.03. The van der Waals surface area contributed by atoms with Gasteiger partial charge in [-0.3, -0.25) is 4.79 Å². The normalized spacial score (nSPS) is 17.1. The molecule has 1 aliphatic rings. The van der Waals surface area contributed by atoms with Crippen molar-refractivity contribution in [1.82, 2.24) is 14.8 Å². The molecule has 5 nitrogen and oxygen atoms in total. The van der Waals surface area contributed by atoms with Crippen LogP contribution in [0.2, 0.25) is 0 Å². The van der Waals surface area contributed by atoms with Gasteiger partial charge in [0.1, 0.15) is 5.82 Å². The van der Waals surface area contributed by atoms with Gasteiger partial charge in [-0.2, -0.15) is 21.1 Å². The number of nitrogens with zero attached hydrogens (tertiary/aromatic N) is 3. The van der Waals surface area contributed by atoms with E-state index in [0.717, 1.165) is 32.4 Å². The Kier molecular flexibility index (Phi) is 3.84. The fourth-order valence-electron chi connectivity index (χ4n) is 3.16. The van der Waals surface area contributed by atoms with Crippen molar-refractivity contribution in [3.05, 3.63) is 57.9 Å². The van der Waals surface area contributed by atoms with Crippen LogP contribution < -0.4 is 5.32 Å². The van der Waals surface area contributed by atoms with Crippen LogP contribution in [0.25, 0.3) is 15.3 Å². The van der Waals surface area contributed by atoms with Crippen LogP contribution in [0.15, 0.2) is 41.1 Å². The van der Waals surface area contributed by atoms with E-state index < -0.39 is 0 Å². The highest BCUT2D eigenvalue weighted by Gasteiger charge is 2.31. The summed E-state index contributed by atoms with van der Waals surface area (Å²) in [6, 6.07) is 10.1. The molecule has 0 saturated carbocycles. The van der Waals surface area contributed by atoms with Crippen molar-refractivity contribution < 1.29 is 4.79 Å². The zero-order chi connectivity index (χ0) is 17.7. The molecule has 1 atom stereocenters. The third-order valence-electron chi connectivity index (χ3n) is 4.32. The molecule has 4 aromatic rings. The number of hydrogen-bond donors (Lipinski definition) is 1. The van der Waals surface area contributed by atoms with Gasteiger partial charge in [-0.15, -0.1) is 11.8 Å². The van der Waals surface area contributed by atoms with Crippen molar-refractivity contribution >= 4 is 56.4 Å². The van der Waals surface area contributed by atoms with Gasteiger partial charge in [-0.25, -0.2) is 4.98 Å². The molecule has 8 heteroatoms. The average molecular weight is 399 g/mol. The molecule has 4 heterocycles. The summed E-state index contributed by atoms with van der Waals surface area (Å²) in [5.74, 6) is 1.16. The Balaban J connectivity index is 1.71. The first kappa shape index (κ1) is 16.0. The van der Waals surface area contributed by atoms with Crippen molar-refractivity contribution in [2.24, 2.45) is 0 Å². The second-order valence-corrected chi connectivity index (χ2v) is 8.90. The Morgan fingerprint density at radius 1 is 1.27 bits per heavy atom. The third-order valence-corrected chi connectivity index (χ3v) is 7.30. The van der Waals surface area contributed by atoms with E-state index in [9.17, 15) is 4.79 Å². The number of aryl methyl sites for hydroxylation is 1. The molecule has 1 amide bonds. The first-order valence-electron chi connectivity index (χ1n) is 8.10. The van der Waals surface area contributed by atoms with Crippen LogP contribution in [0, 0.1) is 6.92 Å². The zero-order valence-corrected chi connectivity index (χ0v) is 16.3. The van der Waals surface area contributed by atoms with E-state index >= 15 is 0 Å². The molecule has 0 unspecified atom stereocenters. The SMILES string of the molecule is Cc1nn(-c2nc3ccccc3s2)c2c1[C@H](c1ccsc1)SCC(=O)N2. The third kappa shape index (κ3) is 2.56. The van der Waals surface area contributed by atoms with E-state index in [1.54, 1.807) is 39.1 Å². The number of fused-ring (bicyclic) bond motifs is 2. The molecule has 0 saturated heterocycles. The lowest BCUT2D eigenvalue weighted by atomic mass is 10.1. The maximum Gasteiger partial charge on any atom is 0.235 e. The number of thiazole rings is 1. The summed E-state index contributed by atoms with van der Waals surface area (Å²) in [6.07, 6.45) is 0. The van der Waals surface area contributed by atoms with Crippen LogP contribution in [0.3, 0.4) is 0 Å². The number of rotatable bonds is 2. The van der Waals surface area contributed by atoms with Crippen molar-refractivity contribution in [2.75, 3.05) is 11.1 Å². The molecule has 1 aromatic carbocycles. The Hall–Kier alpha value is -2.16. The van der Waals surface area contributed by atoms with E-state index in [-0.39, 0.29) is 11.2 Å². The lowest BCUT2D eigenvalue weighted by Crippen LogP contribution is -2.15. The first-order valence-corrected chi connectivity index (χ1v) is 10.9. The number of aromatic nitrogens is 3. The molecule has 0 aliphatic carbocycles. The van der Waals surface area contributed by atoms with Gasteiger partial charge >= 0.3 is 0 Å². The number of benzene rings is 1. The number of anilines is 1. The van der Waals surface area contributed by atoms with Crippen LogP contribution in [0.5, 0.6) is 0 Å². The number of amides is 1. The molecule has 0 bridgehead atoms. The number of carbonyl (C=O) groups excluding carboxylic acids is 1. The number of nitrogens with one attached hydrogen (secondary N) is 1. The Morgan fingerprint density at radius 3 is 2.96 bits per heavy atom. The highest BCUT2D eigenvalue weighted by Crippen LogP contribution is 2.44. The van der Waals surface area contributed by atoms with Gasteiger partial charge in [0.15, 0.2) is 0 Å². The highest BCUT2D eigenvalue weighted by molar-refractivity contribution is 8.00. The van der Waals surface area contributed by atoms with E-state index in [4.69, 9.17) is 10.1 Å². The van der Waals surface area contributed by atoms with E-state index in [0.29, 0.717) is 5.75 Å². The summed E-state index contributed by atoms with van der Waals surface area (Å²) < 4.78 is 2.89. The van der Waals surface area contributed by atoms with Crippen molar-refractivity contribution in [1.29, 1.82) is 0 Å². The summed E-state index contributed by atoms with van der Waals surface area (Å²) in [4.78, 5) is 17.0. The van der Waals surface area contributed by atoms with Gasteiger partial charge in [-0.1, -0.05) is 23.5 Å². The van der Waals surface area contributed by atoms with E-state index in [1.165, 1.54) is 5.56 Å². The first-order chi connectivity index (χ1) is 12.7. The number of hydrogen-bond acceptors (Lipinski definition) is 6. The standard InChI is InChI=1S/C18H14N4OS3/c1-10-15-16(11-6-7-24-8-11)25-9-14(23)20-17(15)22(21-10)18-19-12-4-2-3-5-13(12)26-18/h2-8,16H,9H2,1H3,(H,20,23)/t16-/m0/s1. The van der Waals surface area contributed by atoms with Crippen LogP contribution in [-0.2, 0) is 4.79 Å². The predicted molar refractivity (Wildman–Crippen MR) is 109 cm³/mol. The number of thiophene rings is 1. The average Bonchev–Trinajstić information content (AvgIpc) is 3.33. The predicted octanol–water partition coefficient (Wildman–Crippen LogP) is 4.63. The summed E-state index contributed by atoms with van der Waals surface area (Å²) in [5.41, 5.74) is 4.14. The minimum absolute atomic E-state index is 0.00348. The maximum absolute atomic E-state index is 12.3. The molecular formula is C18H14N4OS3. The number of thioether (sulfide) groups is 1. The second kappa shape index (κ2) is 6.22. The second-order valence-electron chi connectivity index (χ2n) is 6.02. The summed E-state index contributed by atoms with van der Waals surface area (Å²) >= 11 is 4.89. The molecule has 1 aliphatic heterocycles. The molecule has 0 radical (unpaired) electrons. The lowest BCUT2D eigenvalue weighted by molar-refractivity contribution is -0.113. The molecule has 26 heavy (non-hydrogen) atoms. The van der Waals surface area contributed by atoms with E-state index in [2.05, 4.69) is 22.1 Å². The summed E-state index contributed by atoms with van der Waals surface area (Å²) in [6.45, 7) is 2.00. The van der Waals surface area contributed by atoms with Gasteiger partial charge in [0.05, 0.1) is 26.9 Å². The van der Waals surface area contributed by atoms with Gasteiger partial charge in [-0.05, 0) is 41.4 Å². The molecule has 130 valence electrons. The number of para-hydroxylation sites is 1. The van der Waals surface area contributed by atoms with Crippen LogP contribution >= 0.6 is 34.4 Å². The van der Waals surface area contributed by atoms with Crippen LogP contribution in [-0.4, -0.2) is 26.4 Å². The monoisotopic (exact) mass is 398 g/mol. The van der Waals surface area contributed by atoms with Crippen molar-refractivity contribution in [2.45, 2.75) is 12.2 Å². The zero-order valence-electron chi connectivity index (χ0n) is 13.8. The summed E-state index contributed by atoms with van der Waals surface area (Å²) in [5, 5.41) is 12.9. The van der Waals surface area contributed by atoms with Crippen molar-refractivity contribution in [3.63, 3.8) is 0 Å². The molecule has 0 spiro atoms. The van der Waals surface area contributed by atoms with Gasteiger partial charge in [0.25, 0.3) is 0 Å². The topological polar surface area (TPSA) is 59.8 Å². The fraction of sp³-hybridized carbons (Fsp3) is 0.167. The van der Waals surface area contributed by atoms with Gasteiger partial charge in [0.2, 0.25) is 11.0 Å². The van der Waals surface area contributed by atoms with Gasteiger partial charge < -0.3 is 5.32 Å².